The summed E-state index contributed by atoms with van der Waals surface area (Å²) in [7, 11) is 1.55. The zero-order chi connectivity index (χ0) is 29.4. The smallest absolute Gasteiger partial charge is 0.264 e. The van der Waals surface area contributed by atoms with Crippen molar-refractivity contribution in [3.05, 3.63) is 64.4 Å². The van der Waals surface area contributed by atoms with E-state index in [1.165, 1.54) is 6.33 Å². The van der Waals surface area contributed by atoms with Crippen LogP contribution in [0.4, 0.5) is 5.82 Å². The second-order valence-corrected chi connectivity index (χ2v) is 11.2. The number of carbonyl (C=O) groups is 1. The average molecular weight is 604 g/mol. The number of anilines is 1. The van der Waals surface area contributed by atoms with Crippen molar-refractivity contribution in [1.29, 1.82) is 5.26 Å². The number of rotatable bonds is 7. The Morgan fingerprint density at radius 3 is 2.69 bits per heavy atom. The summed E-state index contributed by atoms with van der Waals surface area (Å²) in [6.07, 6.45) is 6.83. The van der Waals surface area contributed by atoms with Gasteiger partial charge in [-0.25, -0.2) is 14.6 Å². The van der Waals surface area contributed by atoms with Crippen LogP contribution in [0.25, 0.3) is 22.3 Å². The number of hydrogen-bond acceptors (Lipinski definition) is 8. The Bertz CT molecular complexity index is 1760. The molecular weight excluding hydrogens is 577 g/mol. The van der Waals surface area contributed by atoms with Gasteiger partial charge in [-0.3, -0.25) is 4.79 Å². The highest BCUT2D eigenvalue weighted by atomic mass is 35.5. The highest BCUT2D eigenvalue weighted by Crippen LogP contribution is 2.40. The standard InChI is InChI=1S/C30H27Cl2N7O3/c1-41-25-12-18(6-9-24(25)42-21-7-8-22(31)23(32)13-21)27-26-28(34)35-16-36-29(26)39(37-27)20-3-2-10-38(15-20)30(40)19(14-33)11-17-4-5-17/h6-9,11-13,16-17,20H,2-5,10,15H2,1H3,(H2,34,35,36)/b19-11+/t20-/m1/s1. The predicted molar refractivity (Wildman–Crippen MR) is 160 cm³/mol. The molecule has 2 fully saturated rings. The normalized spacial score (nSPS) is 17.2. The molecule has 42 heavy (non-hydrogen) atoms. The quantitative estimate of drug-likeness (QED) is 0.195. The molecule has 2 aromatic carbocycles. The van der Waals surface area contributed by atoms with Crippen LogP contribution in [0, 0.1) is 17.2 Å². The van der Waals surface area contributed by atoms with Crippen LogP contribution < -0.4 is 15.2 Å². The van der Waals surface area contributed by atoms with E-state index in [0.717, 1.165) is 31.2 Å². The van der Waals surface area contributed by atoms with Crippen LogP contribution in [0.5, 0.6) is 17.2 Å². The first-order valence-electron chi connectivity index (χ1n) is 13.6. The van der Waals surface area contributed by atoms with E-state index >= 15 is 0 Å². The van der Waals surface area contributed by atoms with Crippen LogP contribution in [-0.2, 0) is 4.79 Å². The first kappa shape index (κ1) is 27.8. The minimum Gasteiger partial charge on any atom is -0.493 e. The van der Waals surface area contributed by atoms with Gasteiger partial charge in [0.2, 0.25) is 0 Å². The molecule has 214 valence electrons. The van der Waals surface area contributed by atoms with E-state index in [2.05, 4.69) is 16.0 Å². The van der Waals surface area contributed by atoms with Gasteiger partial charge in [-0.1, -0.05) is 29.3 Å². The third kappa shape index (κ3) is 5.45. The van der Waals surface area contributed by atoms with Gasteiger partial charge in [-0.05, 0) is 61.9 Å². The number of hydrogen-bond donors (Lipinski definition) is 1. The number of likely N-dealkylation sites (tertiary alicyclic amines) is 1. The number of carbonyl (C=O) groups excluding carboxylic acids is 1. The molecule has 2 aliphatic rings. The average Bonchev–Trinajstić information content (AvgIpc) is 3.74. The molecule has 0 radical (unpaired) electrons. The number of amides is 1. The number of nitrogens with two attached hydrogens (primary N) is 1. The molecule has 1 saturated carbocycles. The van der Waals surface area contributed by atoms with Crippen molar-refractivity contribution in [2.24, 2.45) is 5.92 Å². The van der Waals surface area contributed by atoms with Crippen molar-refractivity contribution in [3.63, 3.8) is 0 Å². The van der Waals surface area contributed by atoms with E-state index in [0.29, 0.717) is 68.8 Å². The molecule has 2 N–H and O–H groups in total. The number of aromatic nitrogens is 4. The maximum Gasteiger partial charge on any atom is 0.264 e. The van der Waals surface area contributed by atoms with E-state index in [-0.39, 0.29) is 17.5 Å². The lowest BCUT2D eigenvalue weighted by Crippen LogP contribution is -2.41. The van der Waals surface area contributed by atoms with Crippen molar-refractivity contribution in [2.75, 3.05) is 25.9 Å². The molecule has 6 rings (SSSR count). The monoisotopic (exact) mass is 603 g/mol. The van der Waals surface area contributed by atoms with Crippen LogP contribution in [-0.4, -0.2) is 50.8 Å². The van der Waals surface area contributed by atoms with Crippen molar-refractivity contribution >= 4 is 46.0 Å². The molecule has 0 bridgehead atoms. The molecular formula is C30H27Cl2N7O3. The third-order valence-electron chi connectivity index (χ3n) is 7.48. The lowest BCUT2D eigenvalue weighted by atomic mass is 10.0. The summed E-state index contributed by atoms with van der Waals surface area (Å²) in [6, 6.07) is 12.4. The SMILES string of the molecule is COc1cc(-c2nn([C@@H]3CCCN(C(=O)/C(C#N)=C/C4CC4)C3)c3ncnc(N)c23)ccc1Oc1ccc(Cl)c(Cl)c1. The molecule has 4 aromatic rings. The Morgan fingerprint density at radius 1 is 1.12 bits per heavy atom. The summed E-state index contributed by atoms with van der Waals surface area (Å²) in [5, 5.41) is 16.0. The summed E-state index contributed by atoms with van der Waals surface area (Å²) < 4.78 is 13.5. The topological polar surface area (TPSA) is 132 Å². The molecule has 10 nitrogen and oxygen atoms in total. The number of allylic oxidation sites excluding steroid dienone is 1. The second kappa shape index (κ2) is 11.5. The highest BCUT2D eigenvalue weighted by molar-refractivity contribution is 6.42. The maximum absolute atomic E-state index is 13.2. The van der Waals surface area contributed by atoms with E-state index in [9.17, 15) is 10.1 Å². The predicted octanol–water partition coefficient (Wildman–Crippen LogP) is 6.21. The van der Waals surface area contributed by atoms with Gasteiger partial charge in [0.1, 0.15) is 35.2 Å². The minimum atomic E-state index is -0.234. The van der Waals surface area contributed by atoms with Crippen LogP contribution in [0.15, 0.2) is 54.4 Å². The molecule has 1 amide bonds. The van der Waals surface area contributed by atoms with E-state index in [1.54, 1.807) is 36.3 Å². The number of nitriles is 1. The van der Waals surface area contributed by atoms with Crippen LogP contribution in [0.3, 0.4) is 0 Å². The van der Waals surface area contributed by atoms with E-state index < -0.39 is 0 Å². The van der Waals surface area contributed by atoms with Gasteiger partial charge in [-0.15, -0.1) is 0 Å². The number of piperidine rings is 1. The van der Waals surface area contributed by atoms with Gasteiger partial charge in [0.25, 0.3) is 5.91 Å². The largest absolute Gasteiger partial charge is 0.493 e. The molecule has 0 spiro atoms. The maximum atomic E-state index is 13.2. The highest BCUT2D eigenvalue weighted by Gasteiger charge is 2.31. The summed E-state index contributed by atoms with van der Waals surface area (Å²) in [5.74, 6) is 1.84. The number of methoxy groups -OCH3 is 1. The Morgan fingerprint density at radius 2 is 1.95 bits per heavy atom. The first-order valence-corrected chi connectivity index (χ1v) is 14.3. The number of benzene rings is 2. The van der Waals surface area contributed by atoms with Gasteiger partial charge in [-0.2, -0.15) is 10.4 Å². The van der Waals surface area contributed by atoms with Crippen molar-refractivity contribution in [2.45, 2.75) is 31.7 Å². The first-order chi connectivity index (χ1) is 20.4. The molecule has 12 heteroatoms. The molecule has 1 aliphatic carbocycles. The number of ether oxygens (including phenoxy) is 2. The summed E-state index contributed by atoms with van der Waals surface area (Å²) in [6.45, 7) is 0.988. The van der Waals surface area contributed by atoms with Crippen LogP contribution in [0.1, 0.15) is 31.7 Å². The fourth-order valence-corrected chi connectivity index (χ4v) is 5.47. The number of nitrogen functional groups attached to an aromatic ring is 1. The minimum absolute atomic E-state index is 0.159. The molecule has 1 saturated heterocycles. The molecule has 0 unspecified atom stereocenters. The van der Waals surface area contributed by atoms with Crippen LogP contribution in [0.2, 0.25) is 10.0 Å². The fourth-order valence-electron chi connectivity index (χ4n) is 5.18. The summed E-state index contributed by atoms with van der Waals surface area (Å²) in [4.78, 5) is 23.7. The Balaban J connectivity index is 1.33. The van der Waals surface area contributed by atoms with Crippen molar-refractivity contribution < 1.29 is 14.3 Å². The Labute approximate surface area is 252 Å². The van der Waals surface area contributed by atoms with Gasteiger partial charge in [0.15, 0.2) is 17.1 Å². The lowest BCUT2D eigenvalue weighted by Gasteiger charge is -2.32. The molecule has 2 aromatic heterocycles. The Kier molecular flexibility index (Phi) is 7.62. The fraction of sp³-hybridized carbons (Fsp3) is 0.300. The van der Waals surface area contributed by atoms with Crippen molar-refractivity contribution in [3.8, 4) is 34.6 Å². The molecule has 1 aliphatic heterocycles. The lowest BCUT2D eigenvalue weighted by molar-refractivity contribution is -0.128. The van der Waals surface area contributed by atoms with Crippen molar-refractivity contribution in [1.82, 2.24) is 24.6 Å². The van der Waals surface area contributed by atoms with Crippen LogP contribution >= 0.6 is 23.2 Å². The number of fused-ring (bicyclic) bond motifs is 1. The summed E-state index contributed by atoms with van der Waals surface area (Å²) in [5.41, 5.74) is 8.45. The third-order valence-corrected chi connectivity index (χ3v) is 8.22. The van der Waals surface area contributed by atoms with E-state index in [4.69, 9.17) is 43.5 Å². The zero-order valence-corrected chi connectivity index (χ0v) is 24.3. The van der Waals surface area contributed by atoms with Gasteiger partial charge in [0, 0.05) is 24.7 Å². The molecule has 3 heterocycles. The number of nitrogens with zero attached hydrogens (tertiary/aromatic N) is 6. The second-order valence-electron chi connectivity index (χ2n) is 10.4. The van der Waals surface area contributed by atoms with Gasteiger partial charge < -0.3 is 20.1 Å². The zero-order valence-electron chi connectivity index (χ0n) is 22.8. The Hall–Kier alpha value is -4.33. The molecule has 1 atom stereocenters. The van der Waals surface area contributed by atoms with Gasteiger partial charge in [0.05, 0.1) is 28.6 Å². The van der Waals surface area contributed by atoms with E-state index in [1.807, 2.05) is 22.9 Å². The number of halogens is 2. The summed E-state index contributed by atoms with van der Waals surface area (Å²) >= 11 is 12.2. The van der Waals surface area contributed by atoms with Gasteiger partial charge >= 0.3 is 0 Å².